The first kappa shape index (κ1) is 12.7. The molecular weight excluding hydrogens is 296 g/mol. The zero-order valence-electron chi connectivity index (χ0n) is 9.44. The van der Waals surface area contributed by atoms with Crippen molar-refractivity contribution < 1.29 is 0 Å². The van der Waals surface area contributed by atoms with Crippen LogP contribution in [0, 0.1) is 0 Å². The second-order valence-corrected chi connectivity index (χ2v) is 5.18. The molecule has 0 amide bonds. The second-order valence-electron chi connectivity index (χ2n) is 4.09. The summed E-state index contributed by atoms with van der Waals surface area (Å²) < 4.78 is 0. The van der Waals surface area contributed by atoms with Gasteiger partial charge in [-0.25, -0.2) is 0 Å². The summed E-state index contributed by atoms with van der Waals surface area (Å²) in [6, 6.07) is 18.7. The van der Waals surface area contributed by atoms with E-state index >= 15 is 0 Å². The highest BCUT2D eigenvalue weighted by Gasteiger charge is 2.10. The van der Waals surface area contributed by atoms with Gasteiger partial charge in [0.05, 0.1) is 0 Å². The zero-order chi connectivity index (χ0) is 12.1. The van der Waals surface area contributed by atoms with E-state index in [2.05, 4.69) is 58.4 Å². The second kappa shape index (κ2) is 6.23. The number of halogens is 2. The normalized spacial score (nSPS) is 12.4. The highest BCUT2D eigenvalue weighted by molar-refractivity contribution is 9.09. The van der Waals surface area contributed by atoms with E-state index in [9.17, 15) is 0 Å². The Morgan fingerprint density at radius 1 is 0.941 bits per heavy atom. The SMILES string of the molecule is Clc1ccc(C(CBr)Cc2ccccc2)cc1. The topological polar surface area (TPSA) is 0 Å². The summed E-state index contributed by atoms with van der Waals surface area (Å²) in [7, 11) is 0. The minimum atomic E-state index is 0.495. The van der Waals surface area contributed by atoms with Gasteiger partial charge in [0, 0.05) is 10.4 Å². The van der Waals surface area contributed by atoms with Crippen molar-refractivity contribution in [3.05, 3.63) is 70.7 Å². The lowest BCUT2D eigenvalue weighted by atomic mass is 9.94. The van der Waals surface area contributed by atoms with E-state index in [0.29, 0.717) is 5.92 Å². The maximum absolute atomic E-state index is 5.91. The molecular formula is C15H14BrCl. The van der Waals surface area contributed by atoms with E-state index in [1.54, 1.807) is 0 Å². The van der Waals surface area contributed by atoms with Gasteiger partial charge in [0.1, 0.15) is 0 Å². The van der Waals surface area contributed by atoms with Gasteiger partial charge < -0.3 is 0 Å². The number of hydrogen-bond donors (Lipinski definition) is 0. The summed E-state index contributed by atoms with van der Waals surface area (Å²) in [5.41, 5.74) is 2.70. The van der Waals surface area contributed by atoms with E-state index < -0.39 is 0 Å². The molecule has 0 aliphatic rings. The molecule has 0 saturated carbocycles. The number of hydrogen-bond acceptors (Lipinski definition) is 0. The summed E-state index contributed by atoms with van der Waals surface area (Å²) >= 11 is 9.50. The molecule has 0 aromatic heterocycles. The Labute approximate surface area is 116 Å². The Bertz CT molecular complexity index is 450. The molecule has 2 aromatic rings. The fourth-order valence-electron chi connectivity index (χ4n) is 1.90. The number of benzene rings is 2. The number of rotatable bonds is 4. The van der Waals surface area contributed by atoms with Crippen molar-refractivity contribution >= 4 is 27.5 Å². The van der Waals surface area contributed by atoms with Crippen LogP contribution < -0.4 is 0 Å². The van der Waals surface area contributed by atoms with Crippen molar-refractivity contribution in [3.8, 4) is 0 Å². The highest BCUT2D eigenvalue weighted by Crippen LogP contribution is 2.24. The summed E-state index contributed by atoms with van der Waals surface area (Å²) in [5, 5.41) is 1.76. The lowest BCUT2D eigenvalue weighted by Crippen LogP contribution is -2.04. The smallest absolute Gasteiger partial charge is 0.0406 e. The average Bonchev–Trinajstić information content (AvgIpc) is 2.38. The average molecular weight is 310 g/mol. The Morgan fingerprint density at radius 3 is 2.18 bits per heavy atom. The van der Waals surface area contributed by atoms with Crippen LogP contribution in [0.15, 0.2) is 54.6 Å². The summed E-state index contributed by atoms with van der Waals surface area (Å²) in [5.74, 6) is 0.495. The van der Waals surface area contributed by atoms with Crippen molar-refractivity contribution in [3.63, 3.8) is 0 Å². The Hall–Kier alpha value is -0.790. The molecule has 0 aliphatic heterocycles. The Morgan fingerprint density at radius 2 is 1.59 bits per heavy atom. The molecule has 2 heteroatoms. The highest BCUT2D eigenvalue weighted by atomic mass is 79.9. The predicted octanol–water partition coefficient (Wildman–Crippen LogP) is 5.06. The van der Waals surface area contributed by atoms with Crippen LogP contribution in [0.1, 0.15) is 17.0 Å². The fraction of sp³-hybridized carbons (Fsp3) is 0.200. The third-order valence-electron chi connectivity index (χ3n) is 2.85. The van der Waals surface area contributed by atoms with E-state index in [0.717, 1.165) is 16.8 Å². The first-order valence-electron chi connectivity index (χ1n) is 5.65. The van der Waals surface area contributed by atoms with Gasteiger partial charge in [0.2, 0.25) is 0 Å². The first-order chi connectivity index (χ1) is 8.29. The van der Waals surface area contributed by atoms with E-state index in [4.69, 9.17) is 11.6 Å². The fourth-order valence-corrected chi connectivity index (χ4v) is 2.62. The van der Waals surface area contributed by atoms with Crippen molar-refractivity contribution in [2.24, 2.45) is 0 Å². The molecule has 0 radical (unpaired) electrons. The molecule has 2 rings (SSSR count). The summed E-state index contributed by atoms with van der Waals surface area (Å²) in [6.45, 7) is 0. The molecule has 17 heavy (non-hydrogen) atoms. The Balaban J connectivity index is 2.14. The van der Waals surface area contributed by atoms with Crippen LogP contribution in [0.5, 0.6) is 0 Å². The third-order valence-corrected chi connectivity index (χ3v) is 3.89. The van der Waals surface area contributed by atoms with Crippen LogP contribution >= 0.6 is 27.5 Å². The Kier molecular flexibility index (Phi) is 4.64. The molecule has 0 spiro atoms. The summed E-state index contributed by atoms with van der Waals surface area (Å²) in [6.07, 6.45) is 1.05. The van der Waals surface area contributed by atoms with Gasteiger partial charge in [-0.1, -0.05) is 70.0 Å². The molecule has 0 N–H and O–H groups in total. The van der Waals surface area contributed by atoms with Gasteiger partial charge in [-0.15, -0.1) is 0 Å². The third kappa shape index (κ3) is 3.58. The number of alkyl halides is 1. The quantitative estimate of drug-likeness (QED) is 0.692. The van der Waals surface area contributed by atoms with Gasteiger partial charge in [0.15, 0.2) is 0 Å². The van der Waals surface area contributed by atoms with Crippen LogP contribution in [0.2, 0.25) is 5.02 Å². The molecule has 88 valence electrons. The van der Waals surface area contributed by atoms with Crippen LogP contribution in [0.4, 0.5) is 0 Å². The monoisotopic (exact) mass is 308 g/mol. The van der Waals surface area contributed by atoms with E-state index in [1.807, 2.05) is 12.1 Å². The minimum Gasteiger partial charge on any atom is -0.0921 e. The van der Waals surface area contributed by atoms with Crippen LogP contribution in [0.3, 0.4) is 0 Å². The van der Waals surface area contributed by atoms with Crippen molar-refractivity contribution in [1.29, 1.82) is 0 Å². The molecule has 2 aromatic carbocycles. The van der Waals surface area contributed by atoms with Gasteiger partial charge in [-0.3, -0.25) is 0 Å². The maximum Gasteiger partial charge on any atom is 0.0406 e. The van der Waals surface area contributed by atoms with Crippen LogP contribution in [0.25, 0.3) is 0 Å². The van der Waals surface area contributed by atoms with E-state index in [1.165, 1.54) is 11.1 Å². The molecule has 0 saturated heterocycles. The molecule has 1 atom stereocenters. The lowest BCUT2D eigenvalue weighted by Gasteiger charge is -2.14. The maximum atomic E-state index is 5.91. The predicted molar refractivity (Wildman–Crippen MR) is 78.1 cm³/mol. The van der Waals surface area contributed by atoms with Crippen LogP contribution in [-0.4, -0.2) is 5.33 Å². The van der Waals surface area contributed by atoms with Crippen LogP contribution in [-0.2, 0) is 6.42 Å². The van der Waals surface area contributed by atoms with Gasteiger partial charge in [-0.05, 0) is 35.6 Å². The lowest BCUT2D eigenvalue weighted by molar-refractivity contribution is 0.775. The first-order valence-corrected chi connectivity index (χ1v) is 7.15. The van der Waals surface area contributed by atoms with Crippen molar-refractivity contribution in [2.75, 3.05) is 5.33 Å². The molecule has 0 aliphatic carbocycles. The minimum absolute atomic E-state index is 0.495. The van der Waals surface area contributed by atoms with E-state index in [-0.39, 0.29) is 0 Å². The molecule has 0 fully saturated rings. The van der Waals surface area contributed by atoms with Crippen molar-refractivity contribution in [2.45, 2.75) is 12.3 Å². The largest absolute Gasteiger partial charge is 0.0921 e. The van der Waals surface area contributed by atoms with Gasteiger partial charge >= 0.3 is 0 Å². The standard InChI is InChI=1S/C15H14BrCl/c16-11-14(10-12-4-2-1-3-5-12)13-6-8-15(17)9-7-13/h1-9,14H,10-11H2. The molecule has 1 unspecified atom stereocenters. The molecule has 0 heterocycles. The molecule has 0 bridgehead atoms. The van der Waals surface area contributed by atoms with Gasteiger partial charge in [0.25, 0.3) is 0 Å². The van der Waals surface area contributed by atoms with Gasteiger partial charge in [-0.2, -0.15) is 0 Å². The summed E-state index contributed by atoms with van der Waals surface area (Å²) in [4.78, 5) is 0. The zero-order valence-corrected chi connectivity index (χ0v) is 11.8. The molecule has 0 nitrogen and oxygen atoms in total. The van der Waals surface area contributed by atoms with Crippen molar-refractivity contribution in [1.82, 2.24) is 0 Å².